The maximum Gasteiger partial charge on any atom is 0.251 e. The Kier molecular flexibility index (Phi) is 8.43. The second-order valence-electron chi connectivity index (χ2n) is 8.15. The first-order chi connectivity index (χ1) is 16.2. The number of carbonyl (C=O) groups excluding carboxylic acids is 2. The molecule has 33 heavy (non-hydrogen) atoms. The average molecular weight is 455 g/mol. The Balaban J connectivity index is 1.20. The van der Waals surface area contributed by atoms with Gasteiger partial charge in [0.2, 0.25) is 0 Å². The normalized spacial score (nSPS) is 25.9. The summed E-state index contributed by atoms with van der Waals surface area (Å²) in [5, 5.41) is 6.00. The van der Waals surface area contributed by atoms with E-state index in [2.05, 4.69) is 10.6 Å². The van der Waals surface area contributed by atoms with Crippen LogP contribution in [0.4, 0.5) is 0 Å². The topological polar surface area (TPSA) is 95.1 Å². The molecular weight excluding hydrogens is 424 g/mol. The molecule has 0 aromatic heterocycles. The summed E-state index contributed by atoms with van der Waals surface area (Å²) >= 11 is 0. The summed E-state index contributed by atoms with van der Waals surface area (Å²) in [5.74, 6) is -0.247. The van der Waals surface area contributed by atoms with Crippen molar-refractivity contribution in [3.05, 3.63) is 71.8 Å². The molecule has 2 amide bonds. The zero-order valence-electron chi connectivity index (χ0n) is 18.5. The molecule has 0 spiro atoms. The number of hydrogen-bond donors (Lipinski definition) is 2. The van der Waals surface area contributed by atoms with Crippen LogP contribution in [0.15, 0.2) is 60.7 Å². The van der Waals surface area contributed by atoms with E-state index in [9.17, 15) is 9.59 Å². The van der Waals surface area contributed by atoms with Crippen LogP contribution < -0.4 is 10.6 Å². The van der Waals surface area contributed by atoms with Gasteiger partial charge in [-0.25, -0.2) is 0 Å². The van der Waals surface area contributed by atoms with Crippen LogP contribution in [0.2, 0.25) is 0 Å². The maximum atomic E-state index is 12.4. The fourth-order valence-electron chi connectivity index (χ4n) is 3.77. The van der Waals surface area contributed by atoms with Crippen LogP contribution in [-0.2, 0) is 18.9 Å². The Labute approximate surface area is 193 Å². The van der Waals surface area contributed by atoms with E-state index in [1.54, 1.807) is 24.3 Å². The van der Waals surface area contributed by atoms with E-state index in [0.29, 0.717) is 56.8 Å². The predicted molar refractivity (Wildman–Crippen MR) is 121 cm³/mol. The lowest BCUT2D eigenvalue weighted by atomic mass is 10.1. The highest BCUT2D eigenvalue weighted by Crippen LogP contribution is 2.18. The van der Waals surface area contributed by atoms with Crippen LogP contribution in [0, 0.1) is 0 Å². The summed E-state index contributed by atoms with van der Waals surface area (Å²) in [6.07, 6.45) is 0.774. The smallest absolute Gasteiger partial charge is 0.251 e. The first-order valence-electron chi connectivity index (χ1n) is 11.4. The minimum absolute atomic E-state index is 0.123. The highest BCUT2D eigenvalue weighted by Gasteiger charge is 2.27. The maximum absolute atomic E-state index is 12.4. The third kappa shape index (κ3) is 7.10. The summed E-state index contributed by atoms with van der Waals surface area (Å²) in [5.41, 5.74) is 1.24. The van der Waals surface area contributed by atoms with E-state index in [1.807, 2.05) is 36.4 Å². The van der Waals surface area contributed by atoms with Crippen molar-refractivity contribution in [3.63, 3.8) is 0 Å². The van der Waals surface area contributed by atoms with Crippen LogP contribution in [0.25, 0.3) is 0 Å². The Morgan fingerprint density at radius 3 is 1.52 bits per heavy atom. The average Bonchev–Trinajstić information content (AvgIpc) is 3.21. The van der Waals surface area contributed by atoms with Crippen LogP contribution in [0.1, 0.15) is 40.0 Å². The summed E-state index contributed by atoms with van der Waals surface area (Å²) in [6, 6.07) is 18.0. The SMILES string of the molecule is O=C(N[C@@H]1CCO[C@H](C[C@@H]2OCC[C@H](NC(=O)c3ccccc3)CO2)OC1)c1ccccc1. The van der Waals surface area contributed by atoms with Crippen LogP contribution in [-0.4, -0.2) is 62.9 Å². The number of benzene rings is 2. The fraction of sp³-hybridized carbons (Fsp3) is 0.440. The van der Waals surface area contributed by atoms with Crippen molar-refractivity contribution < 1.29 is 28.5 Å². The van der Waals surface area contributed by atoms with Crippen molar-refractivity contribution in [2.24, 2.45) is 0 Å². The summed E-state index contributed by atoms with van der Waals surface area (Å²) in [4.78, 5) is 24.8. The molecule has 2 aromatic carbocycles. The second-order valence-corrected chi connectivity index (χ2v) is 8.15. The van der Waals surface area contributed by atoms with E-state index < -0.39 is 12.6 Å². The molecular formula is C25H30N2O6. The molecule has 2 aromatic rings. The lowest BCUT2D eigenvalue weighted by Gasteiger charge is -2.22. The molecule has 2 N–H and O–H groups in total. The molecule has 2 aliphatic heterocycles. The minimum atomic E-state index is -0.482. The molecule has 2 aliphatic rings. The summed E-state index contributed by atoms with van der Waals surface area (Å²) in [7, 11) is 0. The van der Waals surface area contributed by atoms with Gasteiger partial charge in [-0.2, -0.15) is 0 Å². The van der Waals surface area contributed by atoms with Crippen LogP contribution in [0.5, 0.6) is 0 Å². The molecule has 4 atom stereocenters. The number of amides is 2. The molecule has 0 radical (unpaired) electrons. The number of carbonyl (C=O) groups is 2. The molecule has 2 heterocycles. The molecule has 0 saturated carbocycles. The standard InChI is InChI=1S/C25H30N2O6/c28-24(18-7-3-1-4-8-18)26-20-11-13-30-22(32-16-20)15-23-31-14-12-21(17-33-23)27-25(29)19-9-5-2-6-10-19/h1-10,20-23H,11-17H2,(H,26,28)(H,27,29)/t20-,21+,22+,23-. The van der Waals surface area contributed by atoms with E-state index in [0.717, 1.165) is 0 Å². The highest BCUT2D eigenvalue weighted by atomic mass is 16.7. The molecule has 0 aliphatic carbocycles. The van der Waals surface area contributed by atoms with Gasteiger partial charge in [-0.1, -0.05) is 36.4 Å². The van der Waals surface area contributed by atoms with Gasteiger partial charge in [-0.3, -0.25) is 9.59 Å². The Bertz CT molecular complexity index is 821. The van der Waals surface area contributed by atoms with Gasteiger partial charge in [0.05, 0.1) is 38.5 Å². The van der Waals surface area contributed by atoms with Crippen molar-refractivity contribution in [1.29, 1.82) is 0 Å². The quantitative estimate of drug-likeness (QED) is 0.697. The van der Waals surface area contributed by atoms with Gasteiger partial charge in [0.15, 0.2) is 12.6 Å². The summed E-state index contributed by atoms with van der Waals surface area (Å²) in [6.45, 7) is 1.64. The van der Waals surface area contributed by atoms with Gasteiger partial charge in [-0.15, -0.1) is 0 Å². The van der Waals surface area contributed by atoms with Crippen molar-refractivity contribution in [2.75, 3.05) is 26.4 Å². The fourth-order valence-corrected chi connectivity index (χ4v) is 3.77. The zero-order chi connectivity index (χ0) is 22.9. The molecule has 0 unspecified atom stereocenters. The monoisotopic (exact) mass is 454 g/mol. The van der Waals surface area contributed by atoms with E-state index >= 15 is 0 Å². The van der Waals surface area contributed by atoms with Crippen LogP contribution >= 0.6 is 0 Å². The second kappa shape index (κ2) is 11.9. The first-order valence-corrected chi connectivity index (χ1v) is 11.4. The van der Waals surface area contributed by atoms with Gasteiger partial charge in [0.25, 0.3) is 11.8 Å². The van der Waals surface area contributed by atoms with E-state index in [1.165, 1.54) is 0 Å². The Morgan fingerprint density at radius 1 is 0.667 bits per heavy atom. The third-order valence-corrected chi connectivity index (χ3v) is 5.63. The highest BCUT2D eigenvalue weighted by molar-refractivity contribution is 5.94. The minimum Gasteiger partial charge on any atom is -0.352 e. The van der Waals surface area contributed by atoms with Gasteiger partial charge in [-0.05, 0) is 37.1 Å². The Morgan fingerprint density at radius 2 is 1.09 bits per heavy atom. The van der Waals surface area contributed by atoms with Gasteiger partial charge >= 0.3 is 0 Å². The number of nitrogens with one attached hydrogen (secondary N) is 2. The van der Waals surface area contributed by atoms with Gasteiger partial charge in [0.1, 0.15) is 0 Å². The molecule has 8 heteroatoms. The molecule has 8 nitrogen and oxygen atoms in total. The van der Waals surface area contributed by atoms with Crippen LogP contribution in [0.3, 0.4) is 0 Å². The zero-order valence-corrected chi connectivity index (χ0v) is 18.5. The molecule has 176 valence electrons. The van der Waals surface area contributed by atoms with Crippen molar-refractivity contribution >= 4 is 11.8 Å². The summed E-state index contributed by atoms with van der Waals surface area (Å²) < 4.78 is 23.4. The lowest BCUT2D eigenvalue weighted by Crippen LogP contribution is -2.38. The van der Waals surface area contributed by atoms with Crippen molar-refractivity contribution in [3.8, 4) is 0 Å². The number of ether oxygens (including phenoxy) is 4. The largest absolute Gasteiger partial charge is 0.352 e. The number of hydrogen-bond acceptors (Lipinski definition) is 6. The van der Waals surface area contributed by atoms with Crippen molar-refractivity contribution in [2.45, 2.75) is 43.9 Å². The van der Waals surface area contributed by atoms with Gasteiger partial charge < -0.3 is 29.6 Å². The van der Waals surface area contributed by atoms with E-state index in [4.69, 9.17) is 18.9 Å². The van der Waals surface area contributed by atoms with Crippen molar-refractivity contribution in [1.82, 2.24) is 10.6 Å². The molecule has 0 bridgehead atoms. The molecule has 2 fully saturated rings. The lowest BCUT2D eigenvalue weighted by molar-refractivity contribution is -0.200. The molecule has 4 rings (SSSR count). The Hall–Kier alpha value is -2.78. The predicted octanol–water partition coefficient (Wildman–Crippen LogP) is 2.50. The third-order valence-electron chi connectivity index (χ3n) is 5.63. The first kappa shape index (κ1) is 23.4. The number of rotatable bonds is 6. The molecule has 2 saturated heterocycles. The van der Waals surface area contributed by atoms with Gasteiger partial charge in [0, 0.05) is 17.5 Å². The van der Waals surface area contributed by atoms with E-state index in [-0.39, 0.29) is 23.9 Å².